The van der Waals surface area contributed by atoms with Gasteiger partial charge in [0.25, 0.3) is 0 Å². The molecular weight excluding hydrogens is 301 g/mol. The molecule has 4 atom stereocenters. The summed E-state index contributed by atoms with van der Waals surface area (Å²) in [4.78, 5) is 0. The monoisotopic (exact) mass is 317 g/mol. The molecule has 1 aliphatic carbocycles. The van der Waals surface area contributed by atoms with Gasteiger partial charge in [-0.05, 0) is 35.4 Å². The number of hydrogen-bond donors (Lipinski definition) is 1. The van der Waals surface area contributed by atoms with Crippen molar-refractivity contribution in [3.05, 3.63) is 21.8 Å². The number of halogens is 1. The van der Waals surface area contributed by atoms with Crippen LogP contribution in [0.2, 0.25) is 0 Å². The predicted octanol–water partition coefficient (Wildman–Crippen LogP) is 2.40. The molecule has 3 rings (SSSR count). The molecule has 2 fully saturated rings. The van der Waals surface area contributed by atoms with Crippen LogP contribution in [0.3, 0.4) is 0 Å². The van der Waals surface area contributed by atoms with Crippen molar-refractivity contribution in [2.75, 3.05) is 6.54 Å². The van der Waals surface area contributed by atoms with Gasteiger partial charge in [-0.15, -0.1) is 0 Å². The molecule has 0 radical (unpaired) electrons. The standard InChI is InChI=1S/C12H16INO/c1-12(4-2-8(13)3-5-12)11-10-6-9(15-11)7-14-10/h2-4,9-11,14H,5-7H2,1H3. The van der Waals surface area contributed by atoms with E-state index in [0.29, 0.717) is 18.2 Å². The van der Waals surface area contributed by atoms with Crippen molar-refractivity contribution >= 4 is 22.6 Å². The minimum atomic E-state index is 0.196. The lowest BCUT2D eigenvalue weighted by atomic mass is 9.76. The topological polar surface area (TPSA) is 21.3 Å². The highest BCUT2D eigenvalue weighted by molar-refractivity contribution is 14.1. The van der Waals surface area contributed by atoms with E-state index in [1.54, 1.807) is 0 Å². The van der Waals surface area contributed by atoms with Gasteiger partial charge in [0.1, 0.15) is 0 Å². The smallest absolute Gasteiger partial charge is 0.0824 e. The van der Waals surface area contributed by atoms with Crippen molar-refractivity contribution < 1.29 is 4.74 Å². The van der Waals surface area contributed by atoms with E-state index in [9.17, 15) is 0 Å². The summed E-state index contributed by atoms with van der Waals surface area (Å²) >= 11 is 2.38. The van der Waals surface area contributed by atoms with Crippen LogP contribution in [0.25, 0.3) is 0 Å². The van der Waals surface area contributed by atoms with E-state index in [4.69, 9.17) is 4.74 Å². The molecule has 3 aliphatic rings. The summed E-state index contributed by atoms with van der Waals surface area (Å²) in [6.45, 7) is 3.37. The normalized spacial score (nSPS) is 48.4. The summed E-state index contributed by atoms with van der Waals surface area (Å²) in [7, 11) is 0. The second-order valence-electron chi connectivity index (χ2n) is 5.06. The molecule has 2 bridgehead atoms. The molecule has 1 N–H and O–H groups in total. The van der Waals surface area contributed by atoms with E-state index in [0.717, 1.165) is 13.0 Å². The van der Waals surface area contributed by atoms with Crippen LogP contribution in [-0.2, 0) is 4.74 Å². The van der Waals surface area contributed by atoms with Crippen LogP contribution < -0.4 is 5.32 Å². The SMILES string of the molecule is CC1(C2OC3CNC2C3)C=CC(I)=CC1. The van der Waals surface area contributed by atoms with Gasteiger partial charge >= 0.3 is 0 Å². The zero-order valence-electron chi connectivity index (χ0n) is 8.87. The number of hydrogen-bond acceptors (Lipinski definition) is 2. The summed E-state index contributed by atoms with van der Waals surface area (Å²) in [5.41, 5.74) is 0.196. The highest BCUT2D eigenvalue weighted by Crippen LogP contribution is 2.43. The van der Waals surface area contributed by atoms with Crippen LogP contribution >= 0.6 is 22.6 Å². The highest BCUT2D eigenvalue weighted by atomic mass is 127. The average molecular weight is 317 g/mol. The van der Waals surface area contributed by atoms with Crippen molar-refractivity contribution in [2.45, 2.75) is 38.0 Å². The van der Waals surface area contributed by atoms with E-state index >= 15 is 0 Å². The molecule has 0 spiro atoms. The van der Waals surface area contributed by atoms with Gasteiger partial charge in [0, 0.05) is 21.6 Å². The van der Waals surface area contributed by atoms with Gasteiger partial charge in [-0.1, -0.05) is 25.2 Å². The van der Waals surface area contributed by atoms with Crippen LogP contribution in [0.1, 0.15) is 19.8 Å². The highest BCUT2D eigenvalue weighted by Gasteiger charge is 2.48. The van der Waals surface area contributed by atoms with E-state index in [1.807, 2.05) is 0 Å². The molecule has 2 heterocycles. The van der Waals surface area contributed by atoms with Crippen LogP contribution in [0.15, 0.2) is 21.8 Å². The van der Waals surface area contributed by atoms with Gasteiger partial charge in [-0.3, -0.25) is 0 Å². The number of allylic oxidation sites excluding steroid dienone is 3. The van der Waals surface area contributed by atoms with Crippen LogP contribution in [-0.4, -0.2) is 24.8 Å². The molecule has 0 saturated carbocycles. The van der Waals surface area contributed by atoms with Crippen LogP contribution in [0.5, 0.6) is 0 Å². The van der Waals surface area contributed by atoms with Gasteiger partial charge in [0.05, 0.1) is 12.2 Å². The molecule has 2 saturated heterocycles. The molecule has 2 aliphatic heterocycles. The Morgan fingerprint density at radius 2 is 2.47 bits per heavy atom. The Bertz CT molecular complexity index is 339. The Kier molecular flexibility index (Phi) is 2.45. The maximum absolute atomic E-state index is 6.09. The van der Waals surface area contributed by atoms with Gasteiger partial charge in [-0.25, -0.2) is 0 Å². The first-order valence-corrected chi connectivity index (χ1v) is 6.69. The summed E-state index contributed by atoms with van der Waals surface area (Å²) in [6.07, 6.45) is 10.0. The lowest BCUT2D eigenvalue weighted by molar-refractivity contribution is -0.0380. The number of nitrogens with one attached hydrogen (secondary N) is 1. The lowest BCUT2D eigenvalue weighted by Crippen LogP contribution is -2.48. The molecule has 0 aromatic heterocycles. The van der Waals surface area contributed by atoms with E-state index in [2.05, 4.69) is 53.1 Å². The summed E-state index contributed by atoms with van der Waals surface area (Å²) in [5.74, 6) is 0. The minimum Gasteiger partial charge on any atom is -0.371 e. The first kappa shape index (κ1) is 10.3. The molecule has 15 heavy (non-hydrogen) atoms. The fraction of sp³-hybridized carbons (Fsp3) is 0.667. The average Bonchev–Trinajstić information content (AvgIpc) is 2.84. The lowest BCUT2D eigenvalue weighted by Gasteiger charge is -2.38. The number of ether oxygens (including phenoxy) is 1. The molecule has 0 aromatic carbocycles. The zero-order valence-corrected chi connectivity index (χ0v) is 11.0. The van der Waals surface area contributed by atoms with E-state index < -0.39 is 0 Å². The third kappa shape index (κ3) is 1.68. The fourth-order valence-electron chi connectivity index (χ4n) is 2.92. The molecule has 82 valence electrons. The summed E-state index contributed by atoms with van der Waals surface area (Å²) in [6, 6.07) is 0.578. The van der Waals surface area contributed by atoms with Gasteiger partial charge in [0.2, 0.25) is 0 Å². The van der Waals surface area contributed by atoms with Crippen molar-refractivity contribution in [1.29, 1.82) is 0 Å². The number of morpholine rings is 1. The van der Waals surface area contributed by atoms with Gasteiger partial charge < -0.3 is 10.1 Å². The molecule has 0 aromatic rings. The Balaban J connectivity index is 1.80. The minimum absolute atomic E-state index is 0.196. The number of rotatable bonds is 1. The van der Waals surface area contributed by atoms with Crippen LogP contribution in [0, 0.1) is 5.41 Å². The Labute approximate surface area is 104 Å². The Morgan fingerprint density at radius 3 is 3.00 bits per heavy atom. The third-order valence-electron chi connectivity index (χ3n) is 3.84. The molecular formula is C12H16INO. The van der Waals surface area contributed by atoms with Crippen molar-refractivity contribution in [3.8, 4) is 0 Å². The molecule has 2 nitrogen and oxygen atoms in total. The molecule has 3 heteroatoms. The van der Waals surface area contributed by atoms with E-state index in [-0.39, 0.29) is 5.41 Å². The first-order chi connectivity index (χ1) is 7.17. The van der Waals surface area contributed by atoms with Crippen molar-refractivity contribution in [3.63, 3.8) is 0 Å². The third-order valence-corrected chi connectivity index (χ3v) is 4.64. The summed E-state index contributed by atoms with van der Waals surface area (Å²) < 4.78 is 7.44. The maximum atomic E-state index is 6.09. The van der Waals surface area contributed by atoms with Gasteiger partial charge in [0.15, 0.2) is 0 Å². The molecule has 0 amide bonds. The van der Waals surface area contributed by atoms with E-state index in [1.165, 1.54) is 10.0 Å². The fourth-order valence-corrected chi connectivity index (χ4v) is 3.32. The Morgan fingerprint density at radius 1 is 1.60 bits per heavy atom. The zero-order chi connectivity index (χ0) is 10.5. The maximum Gasteiger partial charge on any atom is 0.0824 e. The molecule has 4 unspecified atom stereocenters. The predicted molar refractivity (Wildman–Crippen MR) is 69.0 cm³/mol. The van der Waals surface area contributed by atoms with Crippen molar-refractivity contribution in [1.82, 2.24) is 5.32 Å². The largest absolute Gasteiger partial charge is 0.371 e. The number of fused-ring (bicyclic) bond motifs is 2. The second-order valence-corrected chi connectivity index (χ2v) is 6.31. The second kappa shape index (κ2) is 3.57. The first-order valence-electron chi connectivity index (χ1n) is 5.61. The Hall–Kier alpha value is 0.130. The van der Waals surface area contributed by atoms with Crippen molar-refractivity contribution in [2.24, 2.45) is 5.41 Å². The van der Waals surface area contributed by atoms with Gasteiger partial charge in [-0.2, -0.15) is 0 Å². The quantitative estimate of drug-likeness (QED) is 0.750. The summed E-state index contributed by atoms with van der Waals surface area (Å²) in [5, 5.41) is 3.56. The van der Waals surface area contributed by atoms with Crippen LogP contribution in [0.4, 0.5) is 0 Å².